The van der Waals surface area contributed by atoms with Crippen LogP contribution in [-0.2, 0) is 20.7 Å². The summed E-state index contributed by atoms with van der Waals surface area (Å²) in [5, 5.41) is 12.3. The van der Waals surface area contributed by atoms with Gasteiger partial charge in [-0.25, -0.2) is 18.5 Å². The topological polar surface area (TPSA) is 96.5 Å². The van der Waals surface area contributed by atoms with Crippen LogP contribution >= 0.6 is 0 Å². The molecule has 0 spiro atoms. The number of aromatic nitrogens is 1. The van der Waals surface area contributed by atoms with Crippen LogP contribution in [0.2, 0.25) is 0 Å². The predicted octanol–water partition coefficient (Wildman–Crippen LogP) is 5.29. The van der Waals surface area contributed by atoms with Crippen LogP contribution in [0, 0.1) is 5.82 Å². The zero-order valence-electron chi connectivity index (χ0n) is 21.6. The van der Waals surface area contributed by atoms with Gasteiger partial charge in [-0.1, -0.05) is 42.5 Å². The molecule has 0 saturated carbocycles. The fourth-order valence-corrected chi connectivity index (χ4v) is 5.58. The number of nitrogens with zero attached hydrogens (tertiary/aromatic N) is 1. The number of carbonyl (C=O) groups is 3. The SMILES string of the molecule is CC[N+]1(CCc2c[nH]c3ccccc23)C(=O)C(=O)C(=C(O)c2cccc(F)c2)C1c1ccc(C(=O)OC)cc1. The van der Waals surface area contributed by atoms with Gasteiger partial charge in [0.2, 0.25) is 0 Å². The maximum absolute atomic E-state index is 14.0. The molecule has 1 aliphatic rings. The molecule has 1 aromatic heterocycles. The summed E-state index contributed by atoms with van der Waals surface area (Å²) in [6.07, 6.45) is 2.39. The molecule has 1 aliphatic heterocycles. The summed E-state index contributed by atoms with van der Waals surface area (Å²) >= 11 is 0. The molecule has 2 heterocycles. The van der Waals surface area contributed by atoms with Gasteiger partial charge in [0.15, 0.2) is 6.04 Å². The van der Waals surface area contributed by atoms with E-state index in [2.05, 4.69) is 4.98 Å². The van der Waals surface area contributed by atoms with E-state index in [1.165, 1.54) is 25.3 Å². The van der Waals surface area contributed by atoms with Crippen molar-refractivity contribution in [1.29, 1.82) is 0 Å². The minimum atomic E-state index is -0.866. The largest absolute Gasteiger partial charge is 0.507 e. The Kier molecular flexibility index (Phi) is 6.89. The predicted molar refractivity (Wildman–Crippen MR) is 144 cm³/mol. The van der Waals surface area contributed by atoms with E-state index in [0.29, 0.717) is 17.5 Å². The number of carbonyl (C=O) groups excluding carboxylic acids is 3. The van der Waals surface area contributed by atoms with Crippen LogP contribution in [0.1, 0.15) is 40.0 Å². The molecule has 1 amide bonds. The number of hydrogen-bond acceptors (Lipinski definition) is 5. The molecule has 0 aliphatic carbocycles. The fourth-order valence-electron chi connectivity index (χ4n) is 5.58. The number of likely N-dealkylation sites (tertiary alicyclic amines) is 1. The van der Waals surface area contributed by atoms with Gasteiger partial charge >= 0.3 is 11.9 Å². The fraction of sp³-hybridized carbons (Fsp3) is 0.194. The lowest BCUT2D eigenvalue weighted by Gasteiger charge is -2.36. The van der Waals surface area contributed by atoms with Crippen molar-refractivity contribution in [3.63, 3.8) is 0 Å². The molecule has 1 fully saturated rings. The maximum Gasteiger partial charge on any atom is 0.387 e. The van der Waals surface area contributed by atoms with E-state index in [4.69, 9.17) is 4.74 Å². The Hall–Kier alpha value is -4.56. The molecule has 0 bridgehead atoms. The van der Waals surface area contributed by atoms with Crippen molar-refractivity contribution < 1.29 is 33.1 Å². The number of Topliss-reactive ketones (excluding diaryl/α,β-unsaturated/α-hetero) is 1. The Morgan fingerprint density at radius 1 is 1.03 bits per heavy atom. The number of likely N-dealkylation sites (N-methyl/N-ethyl adjacent to an activating group) is 1. The average molecular weight is 528 g/mol. The number of amides is 1. The maximum atomic E-state index is 14.0. The Morgan fingerprint density at radius 3 is 2.46 bits per heavy atom. The standard InChI is InChI=1S/C31H27FN2O5/c1-3-34(16-15-22-18-33-25-10-5-4-9-24(22)25)27(19-11-13-20(14-12-19)31(38)39-2)26(29(36)30(34)37)28(35)21-7-6-8-23(32)17-21/h4-14,17-18,27,33H,3,15-16H2,1-2H3/p+1. The Morgan fingerprint density at radius 2 is 1.77 bits per heavy atom. The van der Waals surface area contributed by atoms with E-state index >= 15 is 0 Å². The van der Waals surface area contributed by atoms with Crippen LogP contribution in [-0.4, -0.2) is 52.4 Å². The van der Waals surface area contributed by atoms with Gasteiger partial charge in [-0.15, -0.1) is 0 Å². The van der Waals surface area contributed by atoms with E-state index in [1.807, 2.05) is 37.4 Å². The molecule has 7 nitrogen and oxygen atoms in total. The number of aromatic amines is 1. The molecule has 39 heavy (non-hydrogen) atoms. The highest BCUT2D eigenvalue weighted by atomic mass is 19.1. The highest BCUT2D eigenvalue weighted by Gasteiger charge is 2.59. The second-order valence-electron chi connectivity index (χ2n) is 9.61. The van der Waals surface area contributed by atoms with E-state index in [0.717, 1.165) is 22.5 Å². The van der Waals surface area contributed by atoms with Crippen molar-refractivity contribution in [3.8, 4) is 0 Å². The third-order valence-electron chi connectivity index (χ3n) is 7.63. The number of rotatable bonds is 7. The van der Waals surface area contributed by atoms with E-state index in [9.17, 15) is 23.9 Å². The minimum Gasteiger partial charge on any atom is -0.507 e. The summed E-state index contributed by atoms with van der Waals surface area (Å²) in [5.74, 6) is -2.98. The number of fused-ring (bicyclic) bond motifs is 1. The summed E-state index contributed by atoms with van der Waals surface area (Å²) in [5.41, 5.74) is 2.88. The van der Waals surface area contributed by atoms with Gasteiger partial charge in [-0.05, 0) is 42.8 Å². The number of quaternary nitrogens is 1. The number of aliphatic hydroxyl groups excluding tert-OH is 1. The number of ketones is 1. The smallest absolute Gasteiger partial charge is 0.387 e. The highest BCUT2D eigenvalue weighted by molar-refractivity contribution is 6.43. The van der Waals surface area contributed by atoms with E-state index in [1.54, 1.807) is 24.3 Å². The van der Waals surface area contributed by atoms with Gasteiger partial charge in [-0.2, -0.15) is 0 Å². The monoisotopic (exact) mass is 527 g/mol. The lowest BCUT2D eigenvalue weighted by molar-refractivity contribution is -0.870. The second kappa shape index (κ2) is 10.3. The molecule has 4 aromatic rings. The number of ether oxygens (including phenoxy) is 1. The summed E-state index contributed by atoms with van der Waals surface area (Å²) in [4.78, 5) is 42.7. The van der Waals surface area contributed by atoms with Gasteiger partial charge in [0, 0.05) is 34.6 Å². The molecule has 0 radical (unpaired) electrons. The minimum absolute atomic E-state index is 0.0859. The molecule has 5 rings (SSSR count). The molecule has 198 valence electrons. The first-order valence-electron chi connectivity index (χ1n) is 12.7. The number of halogens is 1. The molecule has 2 atom stereocenters. The summed E-state index contributed by atoms with van der Waals surface area (Å²) in [6, 6.07) is 18.7. The first-order chi connectivity index (χ1) is 18.8. The van der Waals surface area contributed by atoms with Gasteiger partial charge in [0.05, 0.1) is 25.8 Å². The second-order valence-corrected chi connectivity index (χ2v) is 9.61. The number of aliphatic hydroxyl groups is 1. The van der Waals surface area contributed by atoms with Crippen molar-refractivity contribution >= 4 is 34.3 Å². The molecule has 2 N–H and O–H groups in total. The summed E-state index contributed by atoms with van der Waals surface area (Å²) in [7, 11) is 1.28. The Balaban J connectivity index is 1.65. The van der Waals surface area contributed by atoms with Crippen molar-refractivity contribution in [1.82, 2.24) is 4.98 Å². The lowest BCUT2D eigenvalue weighted by Crippen LogP contribution is -2.52. The molecule has 3 aromatic carbocycles. The van der Waals surface area contributed by atoms with E-state index in [-0.39, 0.29) is 28.7 Å². The van der Waals surface area contributed by atoms with Gasteiger partial charge < -0.3 is 14.8 Å². The van der Waals surface area contributed by atoms with Crippen LogP contribution in [0.25, 0.3) is 16.7 Å². The first kappa shape index (κ1) is 26.1. The number of H-pyrrole nitrogens is 1. The summed E-state index contributed by atoms with van der Waals surface area (Å²) in [6.45, 7) is 2.39. The Bertz CT molecular complexity index is 1620. The lowest BCUT2D eigenvalue weighted by atomic mass is 9.93. The molecular weight excluding hydrogens is 499 g/mol. The van der Waals surface area contributed by atoms with Crippen LogP contribution in [0.4, 0.5) is 4.39 Å². The van der Waals surface area contributed by atoms with Crippen LogP contribution in [0.5, 0.6) is 0 Å². The average Bonchev–Trinajstić information content (AvgIpc) is 3.47. The van der Waals surface area contributed by atoms with Crippen LogP contribution < -0.4 is 0 Å². The van der Waals surface area contributed by atoms with Crippen LogP contribution in [0.15, 0.2) is 84.6 Å². The Labute approximate surface area is 224 Å². The number of benzene rings is 3. The third kappa shape index (κ3) is 4.42. The van der Waals surface area contributed by atoms with Crippen molar-refractivity contribution in [2.45, 2.75) is 19.4 Å². The number of methoxy groups -OCH3 is 1. The number of esters is 1. The highest BCUT2D eigenvalue weighted by Crippen LogP contribution is 2.45. The van der Waals surface area contributed by atoms with Gasteiger partial charge in [0.25, 0.3) is 5.78 Å². The quantitative estimate of drug-likeness (QED) is 0.112. The number of nitrogens with one attached hydrogen (secondary N) is 1. The molecular formula is C31H28FN2O5+. The number of para-hydroxylation sites is 1. The van der Waals surface area contributed by atoms with Crippen molar-refractivity contribution in [2.24, 2.45) is 0 Å². The van der Waals surface area contributed by atoms with E-state index < -0.39 is 35.3 Å². The molecule has 8 heteroatoms. The molecule has 1 saturated heterocycles. The summed E-state index contributed by atoms with van der Waals surface area (Å²) < 4.78 is 18.6. The van der Waals surface area contributed by atoms with Crippen LogP contribution in [0.3, 0.4) is 0 Å². The van der Waals surface area contributed by atoms with Crippen molar-refractivity contribution in [2.75, 3.05) is 20.2 Å². The van der Waals surface area contributed by atoms with Gasteiger partial charge in [-0.3, -0.25) is 4.79 Å². The third-order valence-corrected chi connectivity index (χ3v) is 7.63. The number of hydrogen-bond donors (Lipinski definition) is 2. The van der Waals surface area contributed by atoms with Gasteiger partial charge in [0.1, 0.15) is 17.1 Å². The first-order valence-corrected chi connectivity index (χ1v) is 12.7. The van der Waals surface area contributed by atoms with Crippen molar-refractivity contribution in [3.05, 3.63) is 113 Å². The molecule has 2 unspecified atom stereocenters. The normalized spacial score (nSPS) is 20.4. The zero-order valence-corrected chi connectivity index (χ0v) is 21.6. The zero-order chi connectivity index (χ0) is 27.7.